The van der Waals surface area contributed by atoms with Crippen molar-refractivity contribution in [2.45, 2.75) is 44.3 Å². The molecular weight excluding hydrogens is 250 g/mol. The number of amides is 1. The van der Waals surface area contributed by atoms with E-state index in [4.69, 9.17) is 0 Å². The van der Waals surface area contributed by atoms with Gasteiger partial charge in [-0.3, -0.25) is 9.59 Å². The molecule has 0 aliphatic carbocycles. The zero-order valence-corrected chi connectivity index (χ0v) is 12.1. The predicted octanol–water partition coefficient (Wildman–Crippen LogP) is 2.07. The van der Waals surface area contributed by atoms with E-state index in [1.165, 1.54) is 38.1 Å². The van der Waals surface area contributed by atoms with E-state index in [-0.39, 0.29) is 17.1 Å². The molecule has 1 atom stereocenters. The summed E-state index contributed by atoms with van der Waals surface area (Å²) >= 11 is 1.36. The largest absolute Gasteiger partial charge is 0.468 e. The van der Waals surface area contributed by atoms with Crippen molar-refractivity contribution in [3.05, 3.63) is 0 Å². The van der Waals surface area contributed by atoms with Gasteiger partial charge in [0.15, 0.2) is 0 Å². The van der Waals surface area contributed by atoms with Gasteiger partial charge in [-0.05, 0) is 19.8 Å². The minimum atomic E-state index is -0.270. The van der Waals surface area contributed by atoms with Gasteiger partial charge in [-0.1, -0.05) is 19.3 Å². The van der Waals surface area contributed by atoms with Crippen molar-refractivity contribution >= 4 is 23.6 Å². The molecule has 1 heterocycles. The van der Waals surface area contributed by atoms with E-state index in [0.717, 1.165) is 25.9 Å². The van der Waals surface area contributed by atoms with E-state index in [1.807, 2.05) is 4.90 Å². The Labute approximate surface area is 113 Å². The van der Waals surface area contributed by atoms with Crippen LogP contribution in [0.25, 0.3) is 0 Å². The Kier molecular flexibility index (Phi) is 7.16. The van der Waals surface area contributed by atoms with Crippen molar-refractivity contribution in [3.8, 4) is 0 Å². The molecule has 1 amide bonds. The number of methoxy groups -OCH3 is 1. The quantitative estimate of drug-likeness (QED) is 0.736. The minimum Gasteiger partial charge on any atom is -0.468 e. The zero-order valence-electron chi connectivity index (χ0n) is 11.3. The first-order chi connectivity index (χ1) is 8.65. The Balaban J connectivity index is 2.32. The summed E-state index contributed by atoms with van der Waals surface area (Å²) < 4.78 is 4.64. The van der Waals surface area contributed by atoms with Crippen LogP contribution < -0.4 is 0 Å². The number of thioether (sulfide) groups is 1. The Morgan fingerprint density at radius 3 is 2.28 bits per heavy atom. The number of carbonyl (C=O) groups excluding carboxylic acids is 2. The van der Waals surface area contributed by atoms with Crippen LogP contribution in [0.5, 0.6) is 0 Å². The van der Waals surface area contributed by atoms with Crippen LogP contribution in [0.3, 0.4) is 0 Å². The van der Waals surface area contributed by atoms with Gasteiger partial charge >= 0.3 is 5.97 Å². The predicted molar refractivity (Wildman–Crippen MR) is 73.6 cm³/mol. The summed E-state index contributed by atoms with van der Waals surface area (Å²) in [4.78, 5) is 25.2. The Morgan fingerprint density at radius 2 is 1.72 bits per heavy atom. The fourth-order valence-corrected chi connectivity index (χ4v) is 2.83. The molecule has 1 rings (SSSR count). The second kappa shape index (κ2) is 8.40. The molecule has 0 spiro atoms. The molecule has 18 heavy (non-hydrogen) atoms. The summed E-state index contributed by atoms with van der Waals surface area (Å²) in [6.07, 6.45) is 5.92. The van der Waals surface area contributed by atoms with E-state index >= 15 is 0 Å². The van der Waals surface area contributed by atoms with Gasteiger partial charge in [0.2, 0.25) is 5.91 Å². The molecule has 104 valence electrons. The van der Waals surface area contributed by atoms with E-state index in [0.29, 0.717) is 5.75 Å². The average molecular weight is 273 g/mol. The van der Waals surface area contributed by atoms with Crippen LogP contribution in [-0.4, -0.2) is 48.0 Å². The van der Waals surface area contributed by atoms with Gasteiger partial charge in [0.1, 0.15) is 5.25 Å². The fraction of sp³-hybridized carbons (Fsp3) is 0.846. The van der Waals surface area contributed by atoms with Crippen LogP contribution >= 0.6 is 11.8 Å². The molecule has 0 aromatic carbocycles. The molecule has 1 unspecified atom stereocenters. The summed E-state index contributed by atoms with van der Waals surface area (Å²) in [6, 6.07) is 0. The zero-order chi connectivity index (χ0) is 13.4. The first-order valence-electron chi connectivity index (χ1n) is 6.62. The molecule has 0 N–H and O–H groups in total. The van der Waals surface area contributed by atoms with Crippen LogP contribution in [0.1, 0.15) is 39.0 Å². The van der Waals surface area contributed by atoms with Crippen molar-refractivity contribution in [2.75, 3.05) is 26.0 Å². The molecule has 5 heteroatoms. The second-order valence-corrected chi connectivity index (χ2v) is 5.95. The highest BCUT2D eigenvalue weighted by molar-refractivity contribution is 8.01. The molecule has 0 aromatic heterocycles. The third-order valence-corrected chi connectivity index (χ3v) is 4.30. The van der Waals surface area contributed by atoms with E-state index in [1.54, 1.807) is 6.92 Å². The van der Waals surface area contributed by atoms with Gasteiger partial charge in [-0.25, -0.2) is 0 Å². The summed E-state index contributed by atoms with van der Waals surface area (Å²) in [7, 11) is 1.37. The lowest BCUT2D eigenvalue weighted by Gasteiger charge is -2.25. The maximum atomic E-state index is 12.0. The molecule has 4 nitrogen and oxygen atoms in total. The van der Waals surface area contributed by atoms with Crippen molar-refractivity contribution in [1.82, 2.24) is 4.90 Å². The van der Waals surface area contributed by atoms with Crippen molar-refractivity contribution in [2.24, 2.45) is 0 Å². The third kappa shape index (κ3) is 5.29. The highest BCUT2D eigenvalue weighted by Gasteiger charge is 2.19. The highest BCUT2D eigenvalue weighted by Crippen LogP contribution is 2.15. The molecule has 1 aliphatic rings. The molecule has 1 saturated heterocycles. The van der Waals surface area contributed by atoms with Crippen molar-refractivity contribution in [3.63, 3.8) is 0 Å². The molecule has 0 radical (unpaired) electrons. The number of likely N-dealkylation sites (tertiary alicyclic amines) is 1. The van der Waals surface area contributed by atoms with Gasteiger partial charge in [-0.15, -0.1) is 11.8 Å². The molecule has 0 saturated carbocycles. The lowest BCUT2D eigenvalue weighted by atomic mass is 10.1. The normalized spacial score (nSPS) is 18.7. The molecule has 1 fully saturated rings. The van der Waals surface area contributed by atoms with Crippen LogP contribution in [0, 0.1) is 0 Å². The van der Waals surface area contributed by atoms with E-state index in [2.05, 4.69) is 4.74 Å². The van der Waals surface area contributed by atoms with Crippen LogP contribution in [-0.2, 0) is 14.3 Å². The van der Waals surface area contributed by atoms with Gasteiger partial charge in [0, 0.05) is 13.1 Å². The third-order valence-electron chi connectivity index (χ3n) is 3.20. The van der Waals surface area contributed by atoms with Crippen LogP contribution in [0.2, 0.25) is 0 Å². The lowest BCUT2D eigenvalue weighted by Crippen LogP contribution is -2.35. The number of esters is 1. The monoisotopic (exact) mass is 273 g/mol. The van der Waals surface area contributed by atoms with Gasteiger partial charge < -0.3 is 9.64 Å². The van der Waals surface area contributed by atoms with E-state index in [9.17, 15) is 9.59 Å². The molecule has 1 aliphatic heterocycles. The second-order valence-electron chi connectivity index (χ2n) is 4.62. The highest BCUT2D eigenvalue weighted by atomic mass is 32.2. The Hall–Kier alpha value is -0.710. The summed E-state index contributed by atoms with van der Waals surface area (Å²) in [5.74, 6) is 0.258. The SMILES string of the molecule is COC(=O)C(C)SCC(=O)N1CCCCCCC1. The van der Waals surface area contributed by atoms with Gasteiger partial charge in [-0.2, -0.15) is 0 Å². The first-order valence-corrected chi connectivity index (χ1v) is 7.67. The van der Waals surface area contributed by atoms with Gasteiger partial charge in [0.05, 0.1) is 12.9 Å². The molecule has 0 bridgehead atoms. The van der Waals surface area contributed by atoms with Crippen molar-refractivity contribution < 1.29 is 14.3 Å². The number of hydrogen-bond donors (Lipinski definition) is 0. The Morgan fingerprint density at radius 1 is 1.17 bits per heavy atom. The number of rotatable bonds is 4. The topological polar surface area (TPSA) is 46.6 Å². The van der Waals surface area contributed by atoms with Gasteiger partial charge in [0.25, 0.3) is 0 Å². The average Bonchev–Trinajstić information content (AvgIpc) is 2.34. The summed E-state index contributed by atoms with van der Waals surface area (Å²) in [6.45, 7) is 3.51. The summed E-state index contributed by atoms with van der Waals surface area (Å²) in [5.41, 5.74) is 0. The number of carbonyl (C=O) groups is 2. The van der Waals surface area contributed by atoms with Crippen molar-refractivity contribution in [1.29, 1.82) is 0 Å². The molecule has 0 aromatic rings. The van der Waals surface area contributed by atoms with Crippen LogP contribution in [0.4, 0.5) is 0 Å². The lowest BCUT2D eigenvalue weighted by molar-refractivity contribution is -0.139. The first kappa shape index (κ1) is 15.3. The van der Waals surface area contributed by atoms with Crippen LogP contribution in [0.15, 0.2) is 0 Å². The molecular formula is C13H23NO3S. The smallest absolute Gasteiger partial charge is 0.318 e. The maximum absolute atomic E-state index is 12.0. The minimum absolute atomic E-state index is 0.151. The number of nitrogens with zero attached hydrogens (tertiary/aromatic N) is 1. The maximum Gasteiger partial charge on any atom is 0.318 e. The summed E-state index contributed by atoms with van der Waals surface area (Å²) in [5, 5.41) is -0.270. The standard InChI is InChI=1S/C13H23NO3S/c1-11(13(16)17-2)18-10-12(15)14-8-6-4-3-5-7-9-14/h11H,3-10H2,1-2H3. The number of ether oxygens (including phenoxy) is 1. The van der Waals surface area contributed by atoms with E-state index < -0.39 is 0 Å². The Bertz CT molecular complexity index is 275. The number of hydrogen-bond acceptors (Lipinski definition) is 4. The fourth-order valence-electron chi connectivity index (χ4n) is 2.02.